The highest BCUT2D eigenvalue weighted by molar-refractivity contribution is 9.10. The second-order valence-electron chi connectivity index (χ2n) is 3.94. The standard InChI is InChI=1S/C14H10BrNO4S/c1-19-14-7-6-11(8-12(14)15)21(17,18)20-13-5-3-2-4-10(13)9-16/h2-8H,1H3. The molecule has 0 heterocycles. The molecule has 0 saturated heterocycles. The number of hydrogen-bond acceptors (Lipinski definition) is 5. The third-order valence-corrected chi connectivity index (χ3v) is 4.47. The molecule has 2 aromatic rings. The normalized spacial score (nSPS) is 10.7. The Labute approximate surface area is 131 Å². The van der Waals surface area contributed by atoms with Crippen LogP contribution in [0.2, 0.25) is 0 Å². The SMILES string of the molecule is COc1ccc(S(=O)(=O)Oc2ccccc2C#N)cc1Br. The number of hydrogen-bond donors (Lipinski definition) is 0. The Morgan fingerprint density at radius 2 is 1.86 bits per heavy atom. The highest BCUT2D eigenvalue weighted by atomic mass is 79.9. The lowest BCUT2D eigenvalue weighted by molar-refractivity contribution is 0.411. The molecule has 0 aromatic heterocycles. The Bertz CT molecular complexity index is 812. The van der Waals surface area contributed by atoms with Crippen molar-refractivity contribution in [1.82, 2.24) is 0 Å². The summed E-state index contributed by atoms with van der Waals surface area (Å²) in [5.74, 6) is 0.498. The molecule has 0 unspecified atom stereocenters. The van der Waals surface area contributed by atoms with Gasteiger partial charge in [0, 0.05) is 0 Å². The lowest BCUT2D eigenvalue weighted by Crippen LogP contribution is -2.10. The molecule has 0 atom stereocenters. The number of nitriles is 1. The van der Waals surface area contributed by atoms with Crippen LogP contribution in [-0.4, -0.2) is 15.5 Å². The molecule has 0 radical (unpaired) electrons. The molecule has 0 amide bonds. The van der Waals surface area contributed by atoms with Gasteiger partial charge in [-0.25, -0.2) is 0 Å². The van der Waals surface area contributed by atoms with Crippen molar-refractivity contribution in [2.24, 2.45) is 0 Å². The van der Waals surface area contributed by atoms with Crippen molar-refractivity contribution in [3.05, 3.63) is 52.5 Å². The van der Waals surface area contributed by atoms with Gasteiger partial charge in [0.25, 0.3) is 0 Å². The van der Waals surface area contributed by atoms with E-state index in [1.807, 2.05) is 6.07 Å². The van der Waals surface area contributed by atoms with Crippen LogP contribution in [0, 0.1) is 11.3 Å². The van der Waals surface area contributed by atoms with Gasteiger partial charge in [-0.3, -0.25) is 0 Å². The van der Waals surface area contributed by atoms with Crippen molar-refractivity contribution in [1.29, 1.82) is 5.26 Å². The van der Waals surface area contributed by atoms with Crippen molar-refractivity contribution in [3.63, 3.8) is 0 Å². The molecule has 5 nitrogen and oxygen atoms in total. The number of benzene rings is 2. The van der Waals surface area contributed by atoms with Crippen LogP contribution in [0.15, 0.2) is 51.8 Å². The number of nitrogens with zero attached hydrogens (tertiary/aromatic N) is 1. The van der Waals surface area contributed by atoms with E-state index >= 15 is 0 Å². The third kappa shape index (κ3) is 3.35. The first-order valence-electron chi connectivity index (χ1n) is 5.75. The van der Waals surface area contributed by atoms with Crippen molar-refractivity contribution < 1.29 is 17.3 Å². The zero-order valence-corrected chi connectivity index (χ0v) is 13.3. The summed E-state index contributed by atoms with van der Waals surface area (Å²) >= 11 is 3.22. The van der Waals surface area contributed by atoms with Gasteiger partial charge in [-0.15, -0.1) is 0 Å². The summed E-state index contributed by atoms with van der Waals surface area (Å²) in [5.41, 5.74) is 0.147. The van der Waals surface area contributed by atoms with Crippen LogP contribution in [0.5, 0.6) is 11.5 Å². The summed E-state index contributed by atoms with van der Waals surface area (Å²) in [6, 6.07) is 12.3. The minimum Gasteiger partial charge on any atom is -0.496 e. The first kappa shape index (κ1) is 15.4. The minimum atomic E-state index is -4.03. The third-order valence-electron chi connectivity index (χ3n) is 2.62. The van der Waals surface area contributed by atoms with Crippen LogP contribution in [0.3, 0.4) is 0 Å². The Morgan fingerprint density at radius 1 is 1.14 bits per heavy atom. The number of methoxy groups -OCH3 is 1. The molecule has 7 heteroatoms. The lowest BCUT2D eigenvalue weighted by Gasteiger charge is -2.09. The molecule has 2 rings (SSSR count). The van der Waals surface area contributed by atoms with E-state index < -0.39 is 10.1 Å². The minimum absolute atomic E-state index is 0.00746. The Morgan fingerprint density at radius 3 is 2.48 bits per heavy atom. The molecular formula is C14H10BrNO4S. The predicted octanol–water partition coefficient (Wildman–Crippen LogP) is 3.10. The van der Waals surface area contributed by atoms with Crippen LogP contribution in [0.4, 0.5) is 0 Å². The average Bonchev–Trinajstić information content (AvgIpc) is 2.47. The van der Waals surface area contributed by atoms with Gasteiger partial charge in [0.1, 0.15) is 16.7 Å². The van der Waals surface area contributed by atoms with E-state index in [2.05, 4.69) is 15.9 Å². The molecule has 0 N–H and O–H groups in total. The highest BCUT2D eigenvalue weighted by Crippen LogP contribution is 2.29. The smallest absolute Gasteiger partial charge is 0.339 e. The van der Waals surface area contributed by atoms with Gasteiger partial charge >= 0.3 is 10.1 Å². The largest absolute Gasteiger partial charge is 0.496 e. The fourth-order valence-corrected chi connectivity index (χ4v) is 3.27. The van der Waals surface area contributed by atoms with Crippen molar-refractivity contribution >= 4 is 26.0 Å². The molecule has 108 valence electrons. The van der Waals surface area contributed by atoms with Crippen molar-refractivity contribution in [2.75, 3.05) is 7.11 Å². The molecule has 0 spiro atoms. The van der Waals surface area contributed by atoms with Crippen molar-refractivity contribution in [3.8, 4) is 17.6 Å². The number of para-hydroxylation sites is 1. The first-order chi connectivity index (χ1) is 9.97. The fraction of sp³-hybridized carbons (Fsp3) is 0.0714. The molecule has 0 bridgehead atoms. The molecule has 21 heavy (non-hydrogen) atoms. The lowest BCUT2D eigenvalue weighted by atomic mass is 10.2. The summed E-state index contributed by atoms with van der Waals surface area (Å²) in [7, 11) is -2.55. The zero-order chi connectivity index (χ0) is 15.5. The van der Waals surface area contributed by atoms with Crippen LogP contribution < -0.4 is 8.92 Å². The van der Waals surface area contributed by atoms with E-state index in [9.17, 15) is 8.42 Å². The molecule has 0 fully saturated rings. The van der Waals surface area contributed by atoms with Gasteiger partial charge in [0.15, 0.2) is 5.75 Å². The van der Waals surface area contributed by atoms with E-state index in [4.69, 9.17) is 14.2 Å². The maximum absolute atomic E-state index is 12.2. The van der Waals surface area contributed by atoms with E-state index in [1.165, 1.54) is 37.4 Å². The van der Waals surface area contributed by atoms with Crippen LogP contribution in [-0.2, 0) is 10.1 Å². The molecule has 0 aliphatic rings. The number of rotatable bonds is 4. The van der Waals surface area contributed by atoms with E-state index in [0.717, 1.165) is 0 Å². The maximum Gasteiger partial charge on any atom is 0.339 e. The maximum atomic E-state index is 12.2. The van der Waals surface area contributed by atoms with Crippen LogP contribution in [0.1, 0.15) is 5.56 Å². The predicted molar refractivity (Wildman–Crippen MR) is 79.7 cm³/mol. The van der Waals surface area contributed by atoms with Crippen molar-refractivity contribution in [2.45, 2.75) is 4.90 Å². The Hall–Kier alpha value is -2.04. The van der Waals surface area contributed by atoms with Gasteiger partial charge in [-0.1, -0.05) is 12.1 Å². The van der Waals surface area contributed by atoms with Gasteiger partial charge in [-0.2, -0.15) is 13.7 Å². The quantitative estimate of drug-likeness (QED) is 0.776. The second-order valence-corrected chi connectivity index (χ2v) is 6.34. The topological polar surface area (TPSA) is 76.4 Å². The van der Waals surface area contributed by atoms with E-state index in [0.29, 0.717) is 10.2 Å². The van der Waals surface area contributed by atoms with Gasteiger partial charge in [-0.05, 0) is 46.3 Å². The second kappa shape index (κ2) is 6.16. The summed E-state index contributed by atoms with van der Waals surface area (Å²) in [6.07, 6.45) is 0. The van der Waals surface area contributed by atoms with E-state index in [1.54, 1.807) is 12.1 Å². The summed E-state index contributed by atoms with van der Waals surface area (Å²) in [5, 5.41) is 8.95. The summed E-state index contributed by atoms with van der Waals surface area (Å²) in [6.45, 7) is 0. The number of halogens is 1. The Kier molecular flexibility index (Phi) is 4.50. The number of ether oxygens (including phenoxy) is 1. The molecular weight excluding hydrogens is 358 g/mol. The molecule has 2 aromatic carbocycles. The van der Waals surface area contributed by atoms with Gasteiger partial charge < -0.3 is 8.92 Å². The monoisotopic (exact) mass is 367 g/mol. The zero-order valence-electron chi connectivity index (χ0n) is 10.9. The average molecular weight is 368 g/mol. The fourth-order valence-electron chi connectivity index (χ4n) is 1.60. The molecule has 0 aliphatic carbocycles. The van der Waals surface area contributed by atoms with Gasteiger partial charge in [0.2, 0.25) is 0 Å². The van der Waals surface area contributed by atoms with Crippen LogP contribution >= 0.6 is 15.9 Å². The Balaban J connectivity index is 2.39. The molecule has 0 saturated carbocycles. The first-order valence-corrected chi connectivity index (χ1v) is 7.95. The summed E-state index contributed by atoms with van der Waals surface area (Å²) < 4.78 is 35.0. The van der Waals surface area contributed by atoms with Gasteiger partial charge in [0.05, 0.1) is 17.1 Å². The summed E-state index contributed by atoms with van der Waals surface area (Å²) in [4.78, 5) is -0.0390. The highest BCUT2D eigenvalue weighted by Gasteiger charge is 2.19. The van der Waals surface area contributed by atoms with Crippen LogP contribution in [0.25, 0.3) is 0 Å². The molecule has 0 aliphatic heterocycles. The van der Waals surface area contributed by atoms with E-state index in [-0.39, 0.29) is 16.2 Å².